The first-order valence-corrected chi connectivity index (χ1v) is 6.18. The SMILES string of the molecule is COCCc1ccc(Oc2ccc(C#N)cc2F)cc1. The van der Waals surface area contributed by atoms with Gasteiger partial charge in [0.15, 0.2) is 11.6 Å². The molecule has 0 heterocycles. The van der Waals surface area contributed by atoms with Crippen molar-refractivity contribution in [2.45, 2.75) is 6.42 Å². The van der Waals surface area contributed by atoms with Crippen molar-refractivity contribution < 1.29 is 13.9 Å². The van der Waals surface area contributed by atoms with Crippen LogP contribution in [0.4, 0.5) is 4.39 Å². The third kappa shape index (κ3) is 3.56. The van der Waals surface area contributed by atoms with E-state index in [0.29, 0.717) is 12.4 Å². The lowest BCUT2D eigenvalue weighted by atomic mass is 10.1. The van der Waals surface area contributed by atoms with Gasteiger partial charge in [-0.2, -0.15) is 5.26 Å². The van der Waals surface area contributed by atoms with Crippen molar-refractivity contribution in [3.63, 3.8) is 0 Å². The molecule has 0 N–H and O–H groups in total. The maximum Gasteiger partial charge on any atom is 0.167 e. The first-order chi connectivity index (χ1) is 9.72. The van der Waals surface area contributed by atoms with Crippen LogP contribution < -0.4 is 4.74 Å². The zero-order chi connectivity index (χ0) is 14.4. The highest BCUT2D eigenvalue weighted by molar-refractivity contribution is 5.39. The van der Waals surface area contributed by atoms with E-state index >= 15 is 0 Å². The Bertz CT molecular complexity index is 617. The quantitative estimate of drug-likeness (QED) is 0.833. The summed E-state index contributed by atoms with van der Waals surface area (Å²) in [5.74, 6) is 0.107. The van der Waals surface area contributed by atoms with Crippen molar-refractivity contribution in [2.24, 2.45) is 0 Å². The van der Waals surface area contributed by atoms with E-state index < -0.39 is 5.82 Å². The van der Waals surface area contributed by atoms with Gasteiger partial charge in [0, 0.05) is 7.11 Å². The van der Waals surface area contributed by atoms with Gasteiger partial charge >= 0.3 is 0 Å². The molecule has 3 nitrogen and oxygen atoms in total. The van der Waals surface area contributed by atoms with Gasteiger partial charge in [0.25, 0.3) is 0 Å². The molecule has 0 aliphatic rings. The summed E-state index contributed by atoms with van der Waals surface area (Å²) in [5, 5.41) is 8.68. The molecule has 0 radical (unpaired) electrons. The monoisotopic (exact) mass is 271 g/mol. The minimum Gasteiger partial charge on any atom is -0.454 e. The maximum absolute atomic E-state index is 13.7. The lowest BCUT2D eigenvalue weighted by molar-refractivity contribution is 0.202. The average Bonchev–Trinajstić information content (AvgIpc) is 2.48. The highest BCUT2D eigenvalue weighted by atomic mass is 19.1. The zero-order valence-corrected chi connectivity index (χ0v) is 11.1. The molecule has 0 aliphatic heterocycles. The van der Waals surface area contributed by atoms with Crippen LogP contribution in [0.15, 0.2) is 42.5 Å². The normalized spacial score (nSPS) is 10.1. The average molecular weight is 271 g/mol. The van der Waals surface area contributed by atoms with Crippen LogP contribution in [0.2, 0.25) is 0 Å². The van der Waals surface area contributed by atoms with E-state index in [0.717, 1.165) is 18.1 Å². The number of benzene rings is 2. The molecule has 2 rings (SSSR count). The number of methoxy groups -OCH3 is 1. The molecule has 20 heavy (non-hydrogen) atoms. The second kappa shape index (κ2) is 6.69. The summed E-state index contributed by atoms with van der Waals surface area (Å²) in [6, 6.07) is 13.4. The molecule has 0 fully saturated rings. The number of hydrogen-bond donors (Lipinski definition) is 0. The summed E-state index contributed by atoms with van der Waals surface area (Å²) in [6.07, 6.45) is 0.821. The predicted octanol–water partition coefficient (Wildman–Crippen LogP) is 3.68. The molecule has 0 atom stereocenters. The van der Waals surface area contributed by atoms with Crippen LogP contribution in [0.1, 0.15) is 11.1 Å². The van der Waals surface area contributed by atoms with E-state index in [9.17, 15) is 4.39 Å². The summed E-state index contributed by atoms with van der Waals surface area (Å²) < 4.78 is 24.1. The molecule has 2 aromatic carbocycles. The van der Waals surface area contributed by atoms with Crippen LogP contribution in [0, 0.1) is 17.1 Å². The van der Waals surface area contributed by atoms with Gasteiger partial charge in [-0.3, -0.25) is 0 Å². The van der Waals surface area contributed by atoms with Crippen molar-refractivity contribution in [3.05, 3.63) is 59.4 Å². The molecular weight excluding hydrogens is 257 g/mol. The second-order valence-electron chi connectivity index (χ2n) is 4.25. The van der Waals surface area contributed by atoms with Gasteiger partial charge < -0.3 is 9.47 Å². The summed E-state index contributed by atoms with van der Waals surface area (Å²) in [6.45, 7) is 0.657. The number of ether oxygens (including phenoxy) is 2. The minimum atomic E-state index is -0.549. The highest BCUT2D eigenvalue weighted by Gasteiger charge is 2.06. The molecule has 0 saturated heterocycles. The fourth-order valence-corrected chi connectivity index (χ4v) is 1.72. The third-order valence-electron chi connectivity index (χ3n) is 2.81. The number of rotatable bonds is 5. The molecule has 0 bridgehead atoms. The molecule has 0 spiro atoms. The van der Waals surface area contributed by atoms with Crippen LogP contribution in [-0.4, -0.2) is 13.7 Å². The lowest BCUT2D eigenvalue weighted by Crippen LogP contribution is -1.94. The van der Waals surface area contributed by atoms with E-state index in [2.05, 4.69) is 0 Å². The van der Waals surface area contributed by atoms with E-state index in [-0.39, 0.29) is 11.3 Å². The second-order valence-corrected chi connectivity index (χ2v) is 4.25. The number of hydrogen-bond acceptors (Lipinski definition) is 3. The van der Waals surface area contributed by atoms with Crippen LogP contribution in [0.3, 0.4) is 0 Å². The summed E-state index contributed by atoms with van der Waals surface area (Å²) in [5.41, 5.74) is 1.39. The molecule has 0 amide bonds. The van der Waals surface area contributed by atoms with Gasteiger partial charge in [0.05, 0.1) is 18.2 Å². The van der Waals surface area contributed by atoms with E-state index in [4.69, 9.17) is 14.7 Å². The third-order valence-corrected chi connectivity index (χ3v) is 2.81. The Hall–Kier alpha value is -2.38. The first kappa shape index (κ1) is 14.0. The highest BCUT2D eigenvalue weighted by Crippen LogP contribution is 2.25. The van der Waals surface area contributed by atoms with Gasteiger partial charge in [-0.05, 0) is 42.3 Å². The predicted molar refractivity (Wildman–Crippen MR) is 73.2 cm³/mol. The Morgan fingerprint density at radius 1 is 1.15 bits per heavy atom. The Labute approximate surface area is 117 Å². The van der Waals surface area contributed by atoms with Crippen LogP contribution >= 0.6 is 0 Å². The molecule has 0 aromatic heterocycles. The topological polar surface area (TPSA) is 42.2 Å². The summed E-state index contributed by atoms with van der Waals surface area (Å²) in [7, 11) is 1.66. The molecule has 0 aliphatic carbocycles. The zero-order valence-electron chi connectivity index (χ0n) is 11.1. The van der Waals surface area contributed by atoms with Gasteiger partial charge in [-0.1, -0.05) is 12.1 Å². The Balaban J connectivity index is 2.08. The van der Waals surface area contributed by atoms with Gasteiger partial charge in [0.1, 0.15) is 5.75 Å². The molecule has 0 saturated carbocycles. The standard InChI is InChI=1S/C16H14FNO2/c1-19-9-8-12-2-5-14(6-3-12)20-16-7-4-13(11-18)10-15(16)17/h2-7,10H,8-9H2,1H3. The van der Waals surface area contributed by atoms with Crippen molar-refractivity contribution in [1.82, 2.24) is 0 Å². The van der Waals surface area contributed by atoms with Gasteiger partial charge in [-0.15, -0.1) is 0 Å². The van der Waals surface area contributed by atoms with Crippen molar-refractivity contribution in [1.29, 1.82) is 5.26 Å². The summed E-state index contributed by atoms with van der Waals surface area (Å²) in [4.78, 5) is 0. The van der Waals surface area contributed by atoms with Crippen molar-refractivity contribution in [2.75, 3.05) is 13.7 Å². The smallest absolute Gasteiger partial charge is 0.167 e. The Morgan fingerprint density at radius 3 is 2.50 bits per heavy atom. The fourth-order valence-electron chi connectivity index (χ4n) is 1.72. The van der Waals surface area contributed by atoms with Gasteiger partial charge in [0.2, 0.25) is 0 Å². The first-order valence-electron chi connectivity index (χ1n) is 6.18. The Morgan fingerprint density at radius 2 is 1.90 bits per heavy atom. The number of nitrogens with zero attached hydrogens (tertiary/aromatic N) is 1. The molecular formula is C16H14FNO2. The Kier molecular flexibility index (Phi) is 4.70. The minimum absolute atomic E-state index is 0.105. The van der Waals surface area contributed by atoms with Gasteiger partial charge in [-0.25, -0.2) is 4.39 Å². The maximum atomic E-state index is 13.7. The molecule has 0 unspecified atom stereocenters. The van der Waals surface area contributed by atoms with Crippen LogP contribution in [0.25, 0.3) is 0 Å². The van der Waals surface area contributed by atoms with Crippen molar-refractivity contribution in [3.8, 4) is 17.6 Å². The molecule has 2 aromatic rings. The number of nitriles is 1. The fraction of sp³-hybridized carbons (Fsp3) is 0.188. The van der Waals surface area contributed by atoms with Crippen molar-refractivity contribution >= 4 is 0 Å². The lowest BCUT2D eigenvalue weighted by Gasteiger charge is -2.08. The summed E-state index contributed by atoms with van der Waals surface area (Å²) >= 11 is 0. The van der Waals surface area contributed by atoms with Crippen LogP contribution in [-0.2, 0) is 11.2 Å². The molecule has 4 heteroatoms. The largest absolute Gasteiger partial charge is 0.454 e. The van der Waals surface area contributed by atoms with E-state index in [1.807, 2.05) is 18.2 Å². The van der Waals surface area contributed by atoms with E-state index in [1.165, 1.54) is 12.1 Å². The molecule has 102 valence electrons. The van der Waals surface area contributed by atoms with E-state index in [1.54, 1.807) is 19.2 Å². The number of halogens is 1. The van der Waals surface area contributed by atoms with Crippen LogP contribution in [0.5, 0.6) is 11.5 Å².